The molecule has 0 radical (unpaired) electrons. The number of aromatic amines is 2. The molecule has 53 heavy (non-hydrogen) atoms. The number of nitrogens with zero attached hydrogens (tertiary/aromatic N) is 4. The van der Waals surface area contributed by atoms with E-state index in [9.17, 15) is 14.4 Å². The van der Waals surface area contributed by atoms with Crippen LogP contribution in [0.25, 0.3) is 22.3 Å². The lowest BCUT2D eigenvalue weighted by Gasteiger charge is -2.30. The molecule has 2 saturated heterocycles. The number of rotatable bonds is 9. The molecule has 0 spiro atoms. The van der Waals surface area contributed by atoms with Crippen LogP contribution in [0, 0.1) is 41.4 Å². The van der Waals surface area contributed by atoms with Crippen LogP contribution in [0.15, 0.2) is 42.6 Å². The van der Waals surface area contributed by atoms with Gasteiger partial charge in [-0.2, -0.15) is 0 Å². The number of carbonyl (C=O) groups is 3. The first-order valence-corrected chi connectivity index (χ1v) is 18.7. The number of imidazole rings is 2. The molecule has 0 bridgehead atoms. The molecule has 2 aromatic heterocycles. The lowest BCUT2D eigenvalue weighted by Crippen LogP contribution is -2.51. The number of methoxy groups -OCH3 is 2. The Morgan fingerprint density at radius 3 is 2.42 bits per heavy atom. The summed E-state index contributed by atoms with van der Waals surface area (Å²) in [5.41, 5.74) is 5.03. The van der Waals surface area contributed by atoms with Crippen molar-refractivity contribution in [3.05, 3.63) is 65.4 Å². The maximum absolute atomic E-state index is 13.5. The van der Waals surface area contributed by atoms with E-state index in [1.807, 2.05) is 62.1 Å². The molecule has 3 aliphatic rings. The van der Waals surface area contributed by atoms with Gasteiger partial charge >= 0.3 is 6.09 Å². The van der Waals surface area contributed by atoms with Crippen molar-refractivity contribution in [2.45, 2.75) is 72.0 Å². The van der Waals surface area contributed by atoms with E-state index in [2.05, 4.69) is 46.0 Å². The molecule has 3 N–H and O–H groups in total. The van der Waals surface area contributed by atoms with E-state index in [0.29, 0.717) is 30.0 Å². The summed E-state index contributed by atoms with van der Waals surface area (Å²) in [6, 6.07) is 10.9. The zero-order valence-electron chi connectivity index (χ0n) is 31.5. The Morgan fingerprint density at radius 1 is 0.943 bits per heavy atom. The third kappa shape index (κ3) is 7.09. The third-order valence-corrected chi connectivity index (χ3v) is 11.3. The summed E-state index contributed by atoms with van der Waals surface area (Å²) in [5.74, 6) is 9.99. The summed E-state index contributed by atoms with van der Waals surface area (Å²) in [4.78, 5) is 59.3. The number of amides is 3. The zero-order valence-corrected chi connectivity index (χ0v) is 31.5. The van der Waals surface area contributed by atoms with Gasteiger partial charge < -0.3 is 34.6 Å². The highest BCUT2D eigenvalue weighted by atomic mass is 16.5. The summed E-state index contributed by atoms with van der Waals surface area (Å²) in [7, 11) is 2.93. The average molecular weight is 720 g/mol. The highest BCUT2D eigenvalue weighted by Gasteiger charge is 2.56. The standard InChI is InChI=1S/C41H49N7O5/c1-22(2)24(5)39(49)48-21-28-17-29(28)36(48)38-43-30-18-27(34(52-6)19-31(30)44-38)15-12-25-10-13-26(14-11-25)32-20-42-37(45-32)33-9-8-16-47(33)40(50)35(23(3)4)46-41(51)53-7/h10-11,13-14,18-20,22-24,28-29,33,35-36H,8-9,16-17,21H2,1-7H3,(H,42,45)(H,43,44)(H,46,51)/t24-,28-,29-,33-,35-,36-/m0/s1. The number of hydrogen-bond acceptors (Lipinski definition) is 7. The van der Waals surface area contributed by atoms with E-state index < -0.39 is 12.1 Å². The van der Waals surface area contributed by atoms with Crippen LogP contribution in [0.2, 0.25) is 0 Å². The van der Waals surface area contributed by atoms with E-state index in [4.69, 9.17) is 14.5 Å². The largest absolute Gasteiger partial charge is 0.495 e. The van der Waals surface area contributed by atoms with E-state index in [1.165, 1.54) is 7.11 Å². The molecule has 278 valence electrons. The lowest BCUT2D eigenvalue weighted by molar-refractivity contribution is -0.138. The molecule has 3 amide bonds. The zero-order chi connectivity index (χ0) is 37.6. The minimum absolute atomic E-state index is 0.0294. The van der Waals surface area contributed by atoms with Gasteiger partial charge in [-0.15, -0.1) is 0 Å². The van der Waals surface area contributed by atoms with E-state index in [1.54, 1.807) is 18.2 Å². The molecule has 7 rings (SSSR count). The Balaban J connectivity index is 1.06. The van der Waals surface area contributed by atoms with Crippen molar-refractivity contribution in [3.8, 4) is 28.8 Å². The van der Waals surface area contributed by atoms with Crippen molar-refractivity contribution in [2.24, 2.45) is 29.6 Å². The van der Waals surface area contributed by atoms with E-state index >= 15 is 0 Å². The quantitative estimate of drug-likeness (QED) is 0.174. The molecule has 4 heterocycles. The van der Waals surface area contributed by atoms with Crippen LogP contribution in [0.3, 0.4) is 0 Å². The number of piperidine rings is 1. The van der Waals surface area contributed by atoms with E-state index in [0.717, 1.165) is 65.0 Å². The van der Waals surface area contributed by atoms with Gasteiger partial charge in [0.15, 0.2) is 0 Å². The number of benzene rings is 2. The van der Waals surface area contributed by atoms with Gasteiger partial charge in [0.05, 0.1) is 54.8 Å². The van der Waals surface area contributed by atoms with Gasteiger partial charge in [-0.1, -0.05) is 58.6 Å². The summed E-state index contributed by atoms with van der Waals surface area (Å²) in [5, 5.41) is 2.69. The third-order valence-electron chi connectivity index (χ3n) is 11.3. The maximum Gasteiger partial charge on any atom is 0.407 e. The van der Waals surface area contributed by atoms with Gasteiger partial charge in [-0.3, -0.25) is 9.59 Å². The minimum Gasteiger partial charge on any atom is -0.495 e. The van der Waals surface area contributed by atoms with Gasteiger partial charge in [0.1, 0.15) is 23.4 Å². The highest BCUT2D eigenvalue weighted by Crippen LogP contribution is 2.56. The minimum atomic E-state index is -0.686. The van der Waals surface area contributed by atoms with Gasteiger partial charge in [0, 0.05) is 30.6 Å². The van der Waals surface area contributed by atoms with Crippen molar-refractivity contribution in [1.29, 1.82) is 0 Å². The topological polar surface area (TPSA) is 146 Å². The van der Waals surface area contributed by atoms with Crippen molar-refractivity contribution >= 4 is 28.9 Å². The highest BCUT2D eigenvalue weighted by molar-refractivity contribution is 5.86. The van der Waals surface area contributed by atoms with Gasteiger partial charge in [-0.25, -0.2) is 14.8 Å². The first-order chi connectivity index (χ1) is 25.5. The second-order valence-corrected chi connectivity index (χ2v) is 15.4. The number of fused-ring (bicyclic) bond motifs is 2. The maximum atomic E-state index is 13.5. The average Bonchev–Trinajstić information content (AvgIpc) is 3.65. The van der Waals surface area contributed by atoms with Crippen molar-refractivity contribution in [2.75, 3.05) is 27.3 Å². The molecule has 1 saturated carbocycles. The fraction of sp³-hybridized carbons (Fsp3) is 0.488. The number of likely N-dealkylation sites (tertiary alicyclic amines) is 2. The van der Waals surface area contributed by atoms with Crippen LogP contribution in [0.4, 0.5) is 4.79 Å². The summed E-state index contributed by atoms with van der Waals surface area (Å²) in [6.07, 6.45) is 3.93. The normalized spacial score (nSPS) is 21.7. The first kappa shape index (κ1) is 36.1. The molecule has 2 aliphatic heterocycles. The van der Waals surface area contributed by atoms with Crippen molar-refractivity contribution < 1.29 is 23.9 Å². The number of nitrogens with one attached hydrogen (secondary N) is 3. The van der Waals surface area contributed by atoms with Gasteiger partial charge in [0.25, 0.3) is 0 Å². The predicted molar refractivity (Wildman–Crippen MR) is 201 cm³/mol. The number of hydrogen-bond donors (Lipinski definition) is 3. The molecule has 0 unspecified atom stereocenters. The molecule has 4 aromatic rings. The molecule has 2 aromatic carbocycles. The Morgan fingerprint density at radius 2 is 1.72 bits per heavy atom. The summed E-state index contributed by atoms with van der Waals surface area (Å²) < 4.78 is 10.5. The summed E-state index contributed by atoms with van der Waals surface area (Å²) >= 11 is 0. The van der Waals surface area contributed by atoms with Crippen molar-refractivity contribution in [3.63, 3.8) is 0 Å². The Hall–Kier alpha value is -5.31. The second-order valence-electron chi connectivity index (χ2n) is 15.4. The second kappa shape index (κ2) is 14.6. The number of aromatic nitrogens is 4. The molecule has 3 fully saturated rings. The van der Waals surface area contributed by atoms with Crippen LogP contribution in [-0.4, -0.2) is 81.0 Å². The molecule has 1 aliphatic carbocycles. The first-order valence-electron chi connectivity index (χ1n) is 18.7. The smallest absolute Gasteiger partial charge is 0.407 e. The van der Waals surface area contributed by atoms with Crippen LogP contribution >= 0.6 is 0 Å². The number of ether oxygens (including phenoxy) is 2. The number of alkyl carbamates (subject to hydrolysis) is 1. The molecular formula is C41H49N7O5. The molecule has 6 atom stereocenters. The lowest BCUT2D eigenvalue weighted by atomic mass is 9.96. The van der Waals surface area contributed by atoms with Crippen LogP contribution in [-0.2, 0) is 14.3 Å². The summed E-state index contributed by atoms with van der Waals surface area (Å²) in [6.45, 7) is 11.4. The monoisotopic (exact) mass is 719 g/mol. The SMILES string of the molecule is COC(=O)N[C@H](C(=O)N1CCC[C@H]1c1ncc(-c2ccc(C#Cc3cc4[nH]c([C@@H]5[C@H]6C[C@H]6CN5C(=O)[C@@H](C)C(C)C)nc4cc3OC)cc2)[nH]1)C(C)C. The van der Waals surface area contributed by atoms with Gasteiger partial charge in [-0.05, 0) is 66.7 Å². The van der Waals surface area contributed by atoms with Gasteiger partial charge in [0.2, 0.25) is 11.8 Å². The van der Waals surface area contributed by atoms with Crippen LogP contribution in [0.5, 0.6) is 5.75 Å². The number of H-pyrrole nitrogens is 2. The van der Waals surface area contributed by atoms with Crippen LogP contribution in [0.1, 0.15) is 88.7 Å². The molecule has 12 nitrogen and oxygen atoms in total. The fourth-order valence-electron chi connectivity index (χ4n) is 7.77. The predicted octanol–water partition coefficient (Wildman–Crippen LogP) is 6.22. The Bertz CT molecular complexity index is 2070. The fourth-order valence-corrected chi connectivity index (χ4v) is 7.77. The molecular weight excluding hydrogens is 670 g/mol. The van der Waals surface area contributed by atoms with Crippen LogP contribution < -0.4 is 10.1 Å². The Kier molecular flexibility index (Phi) is 9.94. The Labute approximate surface area is 310 Å². The molecule has 12 heteroatoms. The van der Waals surface area contributed by atoms with Crippen molar-refractivity contribution in [1.82, 2.24) is 35.1 Å². The van der Waals surface area contributed by atoms with E-state index in [-0.39, 0.29) is 41.7 Å². The number of carbonyl (C=O) groups excluding carboxylic acids is 3.